The van der Waals surface area contributed by atoms with E-state index in [0.29, 0.717) is 12.8 Å². The summed E-state index contributed by atoms with van der Waals surface area (Å²) < 4.78 is 4.79. The van der Waals surface area contributed by atoms with E-state index in [1.807, 2.05) is 24.3 Å². The first-order valence-corrected chi connectivity index (χ1v) is 6.32. The van der Waals surface area contributed by atoms with Crippen LogP contribution < -0.4 is 5.32 Å². The molecular formula is C14H17NO4. The van der Waals surface area contributed by atoms with E-state index >= 15 is 0 Å². The molecule has 0 heterocycles. The van der Waals surface area contributed by atoms with E-state index in [-0.39, 0.29) is 13.0 Å². The molecule has 0 aromatic heterocycles. The zero-order valence-electron chi connectivity index (χ0n) is 10.8. The molecule has 0 aliphatic heterocycles. The molecule has 0 saturated heterocycles. The lowest BCUT2D eigenvalue weighted by atomic mass is 9.78. The summed E-state index contributed by atoms with van der Waals surface area (Å²) in [5.41, 5.74) is 0.846. The van der Waals surface area contributed by atoms with Crippen LogP contribution in [0.1, 0.15) is 24.5 Å². The Hall–Kier alpha value is -2.04. The average Bonchev–Trinajstić information content (AvgIpc) is 2.38. The number of carboxylic acid groups (broad SMARTS) is 1. The molecule has 1 aromatic rings. The van der Waals surface area contributed by atoms with Crippen LogP contribution in [-0.2, 0) is 22.4 Å². The maximum atomic E-state index is 11.6. The van der Waals surface area contributed by atoms with Gasteiger partial charge < -0.3 is 15.2 Å². The standard InChI is InChI=1S/C14H17NO4/c1-2-19-13(18)15-14(12(16)17)8-7-10-5-3-4-6-11(10)9-14/h3-6H,2,7-9H2,1H3,(H,15,18)(H,16,17)/t14-/m1/s1. The number of hydrogen-bond donors (Lipinski definition) is 2. The molecule has 0 saturated carbocycles. The van der Waals surface area contributed by atoms with Crippen LogP contribution in [0.4, 0.5) is 4.79 Å². The van der Waals surface area contributed by atoms with Crippen LogP contribution in [0, 0.1) is 0 Å². The van der Waals surface area contributed by atoms with E-state index < -0.39 is 17.6 Å². The van der Waals surface area contributed by atoms with Gasteiger partial charge in [0.2, 0.25) is 0 Å². The van der Waals surface area contributed by atoms with Crippen LogP contribution in [0.25, 0.3) is 0 Å². The van der Waals surface area contributed by atoms with Gasteiger partial charge in [-0.1, -0.05) is 24.3 Å². The Labute approximate surface area is 111 Å². The SMILES string of the molecule is CCOC(=O)N[C@]1(C(=O)O)CCc2ccccc2C1. The molecule has 0 spiro atoms. The van der Waals surface area contributed by atoms with Crippen LogP contribution in [0.2, 0.25) is 0 Å². The molecule has 1 amide bonds. The van der Waals surface area contributed by atoms with Crippen LogP contribution in [0.5, 0.6) is 0 Å². The summed E-state index contributed by atoms with van der Waals surface area (Å²) in [6, 6.07) is 7.71. The van der Waals surface area contributed by atoms with Crippen molar-refractivity contribution in [3.63, 3.8) is 0 Å². The number of carboxylic acids is 1. The van der Waals surface area contributed by atoms with Gasteiger partial charge in [-0.15, -0.1) is 0 Å². The van der Waals surface area contributed by atoms with E-state index in [4.69, 9.17) is 4.74 Å². The van der Waals surface area contributed by atoms with Gasteiger partial charge >= 0.3 is 12.1 Å². The predicted molar refractivity (Wildman–Crippen MR) is 69.0 cm³/mol. The Bertz CT molecular complexity index is 500. The summed E-state index contributed by atoms with van der Waals surface area (Å²) in [5.74, 6) is -1.02. The molecule has 102 valence electrons. The molecule has 2 rings (SSSR count). The van der Waals surface area contributed by atoms with Crippen LogP contribution in [0.15, 0.2) is 24.3 Å². The van der Waals surface area contributed by atoms with Crippen molar-refractivity contribution in [1.29, 1.82) is 0 Å². The molecule has 0 bridgehead atoms. The zero-order chi connectivity index (χ0) is 13.9. The number of nitrogens with one attached hydrogen (secondary N) is 1. The maximum Gasteiger partial charge on any atom is 0.408 e. The fraction of sp³-hybridized carbons (Fsp3) is 0.429. The third-order valence-electron chi connectivity index (χ3n) is 3.46. The number of ether oxygens (including phenoxy) is 1. The first-order valence-electron chi connectivity index (χ1n) is 6.32. The number of alkyl carbamates (subject to hydrolysis) is 1. The summed E-state index contributed by atoms with van der Waals surface area (Å²) in [6.45, 7) is 1.90. The molecule has 1 atom stereocenters. The van der Waals surface area contributed by atoms with Gasteiger partial charge in [0.15, 0.2) is 0 Å². The molecular weight excluding hydrogens is 246 g/mol. The molecule has 0 radical (unpaired) electrons. The number of carbonyl (C=O) groups excluding carboxylic acids is 1. The Kier molecular flexibility index (Phi) is 3.74. The monoisotopic (exact) mass is 263 g/mol. The summed E-state index contributed by atoms with van der Waals surface area (Å²) in [6.07, 6.45) is 0.619. The number of fused-ring (bicyclic) bond motifs is 1. The molecule has 1 aromatic carbocycles. The van der Waals surface area contributed by atoms with E-state index in [1.165, 1.54) is 0 Å². The summed E-state index contributed by atoms with van der Waals surface area (Å²) in [7, 11) is 0. The van der Waals surface area contributed by atoms with Gasteiger partial charge in [0.25, 0.3) is 0 Å². The van der Waals surface area contributed by atoms with Gasteiger partial charge in [0.05, 0.1) is 6.61 Å². The van der Waals surface area contributed by atoms with Gasteiger partial charge in [-0.3, -0.25) is 0 Å². The molecule has 0 unspecified atom stereocenters. The molecule has 1 aliphatic rings. The Morgan fingerprint density at radius 3 is 2.68 bits per heavy atom. The van der Waals surface area contributed by atoms with E-state index in [9.17, 15) is 14.7 Å². The van der Waals surface area contributed by atoms with Crippen molar-refractivity contribution >= 4 is 12.1 Å². The minimum atomic E-state index is -1.26. The Balaban J connectivity index is 2.23. The van der Waals surface area contributed by atoms with E-state index in [0.717, 1.165) is 11.1 Å². The highest BCUT2D eigenvalue weighted by Crippen LogP contribution is 2.29. The number of hydrogen-bond acceptors (Lipinski definition) is 3. The van der Waals surface area contributed by atoms with Crippen LogP contribution >= 0.6 is 0 Å². The predicted octanol–water partition coefficient (Wildman–Crippen LogP) is 1.74. The minimum Gasteiger partial charge on any atom is -0.479 e. The van der Waals surface area contributed by atoms with Crippen molar-refractivity contribution in [1.82, 2.24) is 5.32 Å². The molecule has 5 nitrogen and oxygen atoms in total. The number of aliphatic carboxylic acids is 1. The number of aryl methyl sites for hydroxylation is 1. The first kappa shape index (κ1) is 13.4. The van der Waals surface area contributed by atoms with Crippen LogP contribution in [0.3, 0.4) is 0 Å². The smallest absolute Gasteiger partial charge is 0.408 e. The van der Waals surface area contributed by atoms with Gasteiger partial charge in [-0.25, -0.2) is 9.59 Å². The Morgan fingerprint density at radius 1 is 1.37 bits per heavy atom. The highest BCUT2D eigenvalue weighted by molar-refractivity contribution is 5.85. The second kappa shape index (κ2) is 5.30. The van der Waals surface area contributed by atoms with Gasteiger partial charge in [-0.05, 0) is 30.9 Å². The number of rotatable bonds is 3. The molecule has 1 aliphatic carbocycles. The zero-order valence-corrected chi connectivity index (χ0v) is 10.8. The van der Waals surface area contributed by atoms with E-state index in [1.54, 1.807) is 6.92 Å². The largest absolute Gasteiger partial charge is 0.479 e. The van der Waals surface area contributed by atoms with Gasteiger partial charge in [0, 0.05) is 6.42 Å². The second-order valence-electron chi connectivity index (χ2n) is 4.68. The minimum absolute atomic E-state index is 0.220. The summed E-state index contributed by atoms with van der Waals surface area (Å²) in [5, 5.41) is 12.0. The first-order chi connectivity index (χ1) is 9.07. The Morgan fingerprint density at radius 2 is 2.05 bits per heavy atom. The maximum absolute atomic E-state index is 11.6. The molecule has 5 heteroatoms. The number of amides is 1. The number of carbonyl (C=O) groups is 2. The average molecular weight is 263 g/mol. The van der Waals surface area contributed by atoms with Crippen LogP contribution in [-0.4, -0.2) is 29.3 Å². The van der Waals surface area contributed by atoms with Gasteiger partial charge in [0.1, 0.15) is 5.54 Å². The summed E-state index contributed by atoms with van der Waals surface area (Å²) in [4.78, 5) is 23.1. The highest BCUT2D eigenvalue weighted by Gasteiger charge is 2.43. The van der Waals surface area contributed by atoms with Crippen molar-refractivity contribution in [3.8, 4) is 0 Å². The molecule has 2 N–H and O–H groups in total. The van der Waals surface area contributed by atoms with Crippen molar-refractivity contribution in [2.75, 3.05) is 6.61 Å². The topological polar surface area (TPSA) is 75.6 Å². The van der Waals surface area contributed by atoms with Gasteiger partial charge in [-0.2, -0.15) is 0 Å². The third-order valence-corrected chi connectivity index (χ3v) is 3.46. The fourth-order valence-corrected chi connectivity index (χ4v) is 2.44. The van der Waals surface area contributed by atoms with E-state index in [2.05, 4.69) is 5.32 Å². The number of benzene rings is 1. The third kappa shape index (κ3) is 2.70. The highest BCUT2D eigenvalue weighted by atomic mass is 16.5. The lowest BCUT2D eigenvalue weighted by Gasteiger charge is -2.34. The second-order valence-corrected chi connectivity index (χ2v) is 4.68. The fourth-order valence-electron chi connectivity index (χ4n) is 2.44. The quantitative estimate of drug-likeness (QED) is 0.871. The van der Waals surface area contributed by atoms with Crippen molar-refractivity contribution in [2.45, 2.75) is 31.7 Å². The molecule has 19 heavy (non-hydrogen) atoms. The normalized spacial score (nSPS) is 21.3. The van der Waals surface area contributed by atoms with Crippen molar-refractivity contribution in [2.24, 2.45) is 0 Å². The van der Waals surface area contributed by atoms with Crippen molar-refractivity contribution in [3.05, 3.63) is 35.4 Å². The molecule has 0 fully saturated rings. The van der Waals surface area contributed by atoms with Crippen molar-refractivity contribution < 1.29 is 19.4 Å². The summed E-state index contributed by atoms with van der Waals surface area (Å²) >= 11 is 0. The lowest BCUT2D eigenvalue weighted by Crippen LogP contribution is -2.57. The lowest BCUT2D eigenvalue weighted by molar-refractivity contribution is -0.145.